The lowest BCUT2D eigenvalue weighted by molar-refractivity contribution is -0.148. The van der Waals surface area contributed by atoms with E-state index in [1.54, 1.807) is 0 Å². The number of ether oxygens (including phenoxy) is 1. The number of amides is 1. The van der Waals surface area contributed by atoms with Crippen LogP contribution in [0.3, 0.4) is 0 Å². The summed E-state index contributed by atoms with van der Waals surface area (Å²) in [7, 11) is 0. The van der Waals surface area contributed by atoms with Gasteiger partial charge in [-0.15, -0.1) is 0 Å². The molecule has 0 radical (unpaired) electrons. The molecule has 1 aliphatic rings. The minimum atomic E-state index is -0.693. The van der Waals surface area contributed by atoms with E-state index in [9.17, 15) is 14.4 Å². The highest BCUT2D eigenvalue weighted by Gasteiger charge is 2.31. The molecule has 2 atom stereocenters. The summed E-state index contributed by atoms with van der Waals surface area (Å²) in [6, 6.07) is -0.693. The van der Waals surface area contributed by atoms with Crippen molar-refractivity contribution in [3.05, 3.63) is 0 Å². The number of esters is 1. The second-order valence-electron chi connectivity index (χ2n) is 4.71. The molecule has 0 bridgehead atoms. The highest BCUT2D eigenvalue weighted by atomic mass is 16.5. The number of Topliss-reactive ketones (excluding diaryl/α,β-unsaturated/α-hetero) is 1. The third-order valence-electron chi connectivity index (χ3n) is 3.06. The highest BCUT2D eigenvalue weighted by Crippen LogP contribution is 2.25. The van der Waals surface area contributed by atoms with E-state index in [0.29, 0.717) is 19.4 Å². The van der Waals surface area contributed by atoms with Gasteiger partial charge in [-0.1, -0.05) is 20.8 Å². The first kappa shape index (κ1) is 18.6. The van der Waals surface area contributed by atoms with Crippen molar-refractivity contribution in [1.29, 1.82) is 0 Å². The minimum absolute atomic E-state index is 0.115. The first-order chi connectivity index (χ1) is 9.54. The van der Waals surface area contributed by atoms with E-state index in [4.69, 9.17) is 4.74 Å². The average molecular weight is 285 g/mol. The summed E-state index contributed by atoms with van der Waals surface area (Å²) in [4.78, 5) is 34.4. The second kappa shape index (κ2) is 10.4. The molecule has 1 N–H and O–H groups in total. The van der Waals surface area contributed by atoms with Crippen LogP contribution in [-0.2, 0) is 19.1 Å². The maximum absolute atomic E-state index is 11.8. The van der Waals surface area contributed by atoms with Crippen LogP contribution in [0.1, 0.15) is 59.8 Å². The molecule has 1 rings (SSSR count). The van der Waals surface area contributed by atoms with Crippen molar-refractivity contribution in [3.8, 4) is 0 Å². The summed E-state index contributed by atoms with van der Waals surface area (Å²) >= 11 is 0. The molecule has 0 saturated heterocycles. The zero-order valence-electron chi connectivity index (χ0n) is 13.0. The molecule has 0 aromatic heterocycles. The van der Waals surface area contributed by atoms with Crippen molar-refractivity contribution >= 4 is 17.7 Å². The van der Waals surface area contributed by atoms with E-state index < -0.39 is 12.0 Å². The number of hydrogen-bond acceptors (Lipinski definition) is 4. The number of carbonyl (C=O) groups is 3. The summed E-state index contributed by atoms with van der Waals surface area (Å²) in [6.07, 6.45) is 3.36. The molecule has 116 valence electrons. The summed E-state index contributed by atoms with van der Waals surface area (Å²) in [5, 5.41) is 2.57. The fourth-order valence-electron chi connectivity index (χ4n) is 2.18. The van der Waals surface area contributed by atoms with Crippen LogP contribution >= 0.6 is 0 Å². The third kappa shape index (κ3) is 6.68. The normalized spacial score (nSPS) is 18.8. The Balaban J connectivity index is 0.00000172. The SMILES string of the molecule is CC.CCCOC(=O)C(CC1CCCC1=O)NC(C)=O. The van der Waals surface area contributed by atoms with Crippen molar-refractivity contribution in [3.63, 3.8) is 0 Å². The minimum Gasteiger partial charge on any atom is -0.464 e. The smallest absolute Gasteiger partial charge is 0.328 e. The molecule has 0 aliphatic heterocycles. The highest BCUT2D eigenvalue weighted by molar-refractivity contribution is 5.86. The van der Waals surface area contributed by atoms with Gasteiger partial charge >= 0.3 is 5.97 Å². The number of nitrogens with one attached hydrogen (secondary N) is 1. The Kier molecular flexibility index (Phi) is 9.68. The number of hydrogen-bond donors (Lipinski definition) is 1. The molecule has 5 heteroatoms. The van der Waals surface area contributed by atoms with E-state index in [1.165, 1.54) is 6.92 Å². The lowest BCUT2D eigenvalue weighted by atomic mass is 9.97. The lowest BCUT2D eigenvalue weighted by Gasteiger charge is -2.19. The van der Waals surface area contributed by atoms with Gasteiger partial charge in [0.2, 0.25) is 5.91 Å². The Morgan fingerprint density at radius 1 is 1.40 bits per heavy atom. The molecular formula is C15H27NO4. The second-order valence-corrected chi connectivity index (χ2v) is 4.71. The van der Waals surface area contributed by atoms with E-state index in [2.05, 4.69) is 5.32 Å². The molecule has 0 heterocycles. The van der Waals surface area contributed by atoms with Crippen molar-refractivity contribution in [2.75, 3.05) is 6.61 Å². The number of carbonyl (C=O) groups excluding carboxylic acids is 3. The van der Waals surface area contributed by atoms with Crippen LogP contribution in [-0.4, -0.2) is 30.3 Å². The van der Waals surface area contributed by atoms with Gasteiger partial charge in [0, 0.05) is 19.3 Å². The zero-order chi connectivity index (χ0) is 15.5. The van der Waals surface area contributed by atoms with Crippen LogP contribution in [0.25, 0.3) is 0 Å². The summed E-state index contributed by atoms with van der Waals surface area (Å²) in [6.45, 7) is 7.60. The third-order valence-corrected chi connectivity index (χ3v) is 3.06. The van der Waals surface area contributed by atoms with Gasteiger partial charge in [-0.05, 0) is 25.7 Å². The van der Waals surface area contributed by atoms with Crippen molar-refractivity contribution < 1.29 is 19.1 Å². The largest absolute Gasteiger partial charge is 0.464 e. The maximum Gasteiger partial charge on any atom is 0.328 e. The van der Waals surface area contributed by atoms with Crippen molar-refractivity contribution in [2.24, 2.45) is 5.92 Å². The standard InChI is InChI=1S/C13H21NO4.C2H6/c1-3-7-18-13(17)11(14-9(2)15)8-10-5-4-6-12(10)16;1-2/h10-11H,3-8H2,1-2H3,(H,14,15);1-2H3. The number of rotatable bonds is 6. The maximum atomic E-state index is 11.8. The van der Waals surface area contributed by atoms with Gasteiger partial charge in [0.1, 0.15) is 11.8 Å². The zero-order valence-corrected chi connectivity index (χ0v) is 13.0. The molecule has 0 spiro atoms. The van der Waals surface area contributed by atoms with Gasteiger partial charge in [0.25, 0.3) is 0 Å². The van der Waals surface area contributed by atoms with Crippen LogP contribution < -0.4 is 5.32 Å². The molecule has 0 aromatic carbocycles. The monoisotopic (exact) mass is 285 g/mol. The van der Waals surface area contributed by atoms with E-state index in [0.717, 1.165) is 19.3 Å². The Hall–Kier alpha value is -1.39. The molecule has 5 nitrogen and oxygen atoms in total. The lowest BCUT2D eigenvalue weighted by Crippen LogP contribution is -2.42. The Bertz CT molecular complexity index is 328. The quantitative estimate of drug-likeness (QED) is 0.760. The first-order valence-corrected chi connectivity index (χ1v) is 7.51. The predicted octanol–water partition coefficient (Wildman–Crippen LogP) is 2.23. The van der Waals surface area contributed by atoms with Gasteiger partial charge < -0.3 is 10.1 Å². The molecule has 1 aliphatic carbocycles. The fraction of sp³-hybridized carbons (Fsp3) is 0.800. The van der Waals surface area contributed by atoms with Crippen LogP contribution in [0, 0.1) is 5.92 Å². The molecule has 1 fully saturated rings. The Labute approximate surface area is 121 Å². The van der Waals surface area contributed by atoms with Crippen molar-refractivity contribution in [2.45, 2.75) is 65.8 Å². The summed E-state index contributed by atoms with van der Waals surface area (Å²) in [5.74, 6) is -0.643. The van der Waals surface area contributed by atoms with Gasteiger partial charge in [-0.3, -0.25) is 9.59 Å². The average Bonchev–Trinajstić information content (AvgIpc) is 2.82. The molecular weight excluding hydrogens is 258 g/mol. The van der Waals surface area contributed by atoms with Gasteiger partial charge in [0.15, 0.2) is 0 Å². The van der Waals surface area contributed by atoms with E-state index in [-0.39, 0.29) is 17.6 Å². The fourth-order valence-corrected chi connectivity index (χ4v) is 2.18. The van der Waals surface area contributed by atoms with Crippen LogP contribution in [0.5, 0.6) is 0 Å². The van der Waals surface area contributed by atoms with Gasteiger partial charge in [-0.25, -0.2) is 4.79 Å². The van der Waals surface area contributed by atoms with Crippen LogP contribution in [0.4, 0.5) is 0 Å². The molecule has 2 unspecified atom stereocenters. The number of ketones is 1. The Morgan fingerprint density at radius 3 is 2.50 bits per heavy atom. The molecule has 20 heavy (non-hydrogen) atoms. The molecule has 1 saturated carbocycles. The first-order valence-electron chi connectivity index (χ1n) is 7.51. The predicted molar refractivity (Wildman–Crippen MR) is 77.2 cm³/mol. The van der Waals surface area contributed by atoms with E-state index in [1.807, 2.05) is 20.8 Å². The van der Waals surface area contributed by atoms with Crippen molar-refractivity contribution in [1.82, 2.24) is 5.32 Å². The molecule has 0 aromatic rings. The summed E-state index contributed by atoms with van der Waals surface area (Å²) < 4.78 is 5.03. The van der Waals surface area contributed by atoms with Gasteiger partial charge in [-0.2, -0.15) is 0 Å². The van der Waals surface area contributed by atoms with E-state index >= 15 is 0 Å². The van der Waals surface area contributed by atoms with Gasteiger partial charge in [0.05, 0.1) is 6.61 Å². The molecule has 1 amide bonds. The Morgan fingerprint density at radius 2 is 2.05 bits per heavy atom. The topological polar surface area (TPSA) is 72.5 Å². The van der Waals surface area contributed by atoms with Crippen LogP contribution in [0.15, 0.2) is 0 Å². The summed E-state index contributed by atoms with van der Waals surface area (Å²) in [5.41, 5.74) is 0. The van der Waals surface area contributed by atoms with Crippen LogP contribution in [0.2, 0.25) is 0 Å².